The normalized spacial score (nSPS) is 13.6. The average Bonchev–Trinajstić information content (AvgIpc) is 3.04. The topological polar surface area (TPSA) is 76.6 Å². The Morgan fingerprint density at radius 1 is 1.17 bits per heavy atom. The number of carbonyl (C=O) groups is 1. The van der Waals surface area contributed by atoms with Crippen LogP contribution < -0.4 is 10.6 Å². The van der Waals surface area contributed by atoms with Crippen LogP contribution in [0.2, 0.25) is 0 Å². The van der Waals surface area contributed by atoms with Gasteiger partial charge in [-0.1, -0.05) is 0 Å². The molecule has 2 amide bonds. The third-order valence-electron chi connectivity index (χ3n) is 3.64. The lowest BCUT2D eigenvalue weighted by Gasteiger charge is -2.19. The van der Waals surface area contributed by atoms with Crippen LogP contribution in [0.5, 0.6) is 0 Å². The van der Waals surface area contributed by atoms with Crippen molar-refractivity contribution < 1.29 is 18.4 Å². The molecule has 0 radical (unpaired) electrons. The molecule has 2 atom stereocenters. The van der Waals surface area contributed by atoms with Gasteiger partial charge in [-0.25, -0.2) is 4.79 Å². The molecule has 6 nitrogen and oxygen atoms in total. The van der Waals surface area contributed by atoms with E-state index in [-0.39, 0.29) is 18.1 Å². The summed E-state index contributed by atoms with van der Waals surface area (Å²) in [7, 11) is 1.59. The Kier molecular flexibility index (Phi) is 5.50. The Morgan fingerprint density at radius 3 is 2.43 bits per heavy atom. The minimum absolute atomic E-state index is 0.158. The Morgan fingerprint density at radius 2 is 1.91 bits per heavy atom. The first-order valence-electron chi connectivity index (χ1n) is 7.60. The molecule has 2 heterocycles. The predicted octanol–water partition coefficient (Wildman–Crippen LogP) is 3.55. The number of nitrogens with one attached hydrogen (secondary N) is 2. The maximum absolute atomic E-state index is 12.3. The first kappa shape index (κ1) is 17.1. The van der Waals surface area contributed by atoms with Crippen molar-refractivity contribution >= 4 is 6.03 Å². The third kappa shape index (κ3) is 4.39. The van der Waals surface area contributed by atoms with Gasteiger partial charge in [0.15, 0.2) is 0 Å². The van der Waals surface area contributed by atoms with Crippen LogP contribution in [0.4, 0.5) is 4.79 Å². The minimum Gasteiger partial charge on any atom is -0.466 e. The fourth-order valence-corrected chi connectivity index (χ4v) is 2.56. The summed E-state index contributed by atoms with van der Waals surface area (Å²) >= 11 is 0. The second-order valence-electron chi connectivity index (χ2n) is 5.66. The van der Waals surface area contributed by atoms with E-state index in [1.54, 1.807) is 7.11 Å². The maximum atomic E-state index is 12.3. The summed E-state index contributed by atoms with van der Waals surface area (Å²) in [5, 5.41) is 5.78. The van der Waals surface area contributed by atoms with E-state index >= 15 is 0 Å². The monoisotopic (exact) mass is 320 g/mol. The number of rotatable bonds is 6. The van der Waals surface area contributed by atoms with Crippen molar-refractivity contribution in [3.63, 3.8) is 0 Å². The number of hydrogen-bond donors (Lipinski definition) is 2. The zero-order valence-corrected chi connectivity index (χ0v) is 14.2. The number of amides is 2. The number of carbonyl (C=O) groups excluding carboxylic acids is 1. The quantitative estimate of drug-likeness (QED) is 0.853. The van der Waals surface area contributed by atoms with Crippen LogP contribution in [0.25, 0.3) is 0 Å². The number of aryl methyl sites for hydroxylation is 3. The van der Waals surface area contributed by atoms with Crippen molar-refractivity contribution in [3.05, 3.63) is 46.8 Å². The van der Waals surface area contributed by atoms with Gasteiger partial charge in [-0.05, 0) is 45.9 Å². The van der Waals surface area contributed by atoms with Crippen LogP contribution in [-0.2, 0) is 4.74 Å². The van der Waals surface area contributed by atoms with Crippen molar-refractivity contribution in [2.45, 2.75) is 39.8 Å². The molecule has 2 aromatic heterocycles. The maximum Gasteiger partial charge on any atom is 0.315 e. The van der Waals surface area contributed by atoms with Crippen molar-refractivity contribution in [2.24, 2.45) is 0 Å². The van der Waals surface area contributed by atoms with Gasteiger partial charge in [0.1, 0.15) is 29.1 Å². The zero-order valence-electron chi connectivity index (χ0n) is 14.2. The number of urea groups is 1. The van der Waals surface area contributed by atoms with Crippen LogP contribution >= 0.6 is 0 Å². The molecule has 126 valence electrons. The molecule has 0 spiro atoms. The molecule has 0 fully saturated rings. The average molecular weight is 320 g/mol. The molecule has 2 rings (SSSR count). The Hall–Kier alpha value is -2.21. The van der Waals surface area contributed by atoms with Gasteiger partial charge < -0.3 is 24.2 Å². The van der Waals surface area contributed by atoms with Gasteiger partial charge in [0.25, 0.3) is 0 Å². The number of furan rings is 2. The number of ether oxygens (including phenoxy) is 1. The lowest BCUT2D eigenvalue weighted by atomic mass is 10.1. The van der Waals surface area contributed by atoms with Gasteiger partial charge in [0, 0.05) is 12.7 Å². The van der Waals surface area contributed by atoms with Crippen molar-refractivity contribution in [2.75, 3.05) is 13.7 Å². The van der Waals surface area contributed by atoms with E-state index in [0.29, 0.717) is 12.4 Å². The molecule has 0 aliphatic rings. The summed E-state index contributed by atoms with van der Waals surface area (Å²) in [6, 6.07) is 4.85. The van der Waals surface area contributed by atoms with E-state index in [4.69, 9.17) is 13.6 Å². The summed E-state index contributed by atoms with van der Waals surface area (Å²) in [4.78, 5) is 12.3. The predicted molar refractivity (Wildman–Crippen MR) is 86.3 cm³/mol. The molecule has 0 saturated carbocycles. The molecule has 2 N–H and O–H groups in total. The van der Waals surface area contributed by atoms with E-state index in [2.05, 4.69) is 10.6 Å². The Labute approximate surface area is 136 Å². The summed E-state index contributed by atoms with van der Waals surface area (Å²) in [5.74, 6) is 3.10. The standard InChI is InChI=1S/C17H24N2O4/c1-10-6-7-16(23-10)15(9-21-5)19-17(20)18-12(3)14-8-11(2)22-13(14)4/h6-8,12,15H,9H2,1-5H3,(H2,18,19,20). The molecule has 0 aromatic carbocycles. The summed E-state index contributed by atoms with van der Waals surface area (Å²) in [5.41, 5.74) is 0.967. The molecule has 2 unspecified atom stereocenters. The van der Waals surface area contributed by atoms with Crippen LogP contribution in [0.15, 0.2) is 27.0 Å². The first-order valence-corrected chi connectivity index (χ1v) is 7.60. The lowest BCUT2D eigenvalue weighted by Crippen LogP contribution is -2.40. The summed E-state index contributed by atoms with van der Waals surface area (Å²) in [6.45, 7) is 7.88. The molecule has 6 heteroatoms. The van der Waals surface area contributed by atoms with Crippen LogP contribution in [0, 0.1) is 20.8 Å². The van der Waals surface area contributed by atoms with Gasteiger partial charge in [-0.2, -0.15) is 0 Å². The number of hydrogen-bond acceptors (Lipinski definition) is 4. The number of methoxy groups -OCH3 is 1. The van der Waals surface area contributed by atoms with E-state index in [9.17, 15) is 4.79 Å². The van der Waals surface area contributed by atoms with Crippen molar-refractivity contribution in [1.82, 2.24) is 10.6 Å². The van der Waals surface area contributed by atoms with Crippen LogP contribution in [0.1, 0.15) is 47.6 Å². The van der Waals surface area contributed by atoms with E-state index in [0.717, 1.165) is 22.8 Å². The highest BCUT2D eigenvalue weighted by Gasteiger charge is 2.20. The largest absolute Gasteiger partial charge is 0.466 e. The Balaban J connectivity index is 2.00. The molecule has 0 bridgehead atoms. The minimum atomic E-state index is -0.340. The lowest BCUT2D eigenvalue weighted by molar-refractivity contribution is 0.156. The van der Waals surface area contributed by atoms with Crippen molar-refractivity contribution in [3.8, 4) is 0 Å². The smallest absolute Gasteiger partial charge is 0.315 e. The molecule has 0 aliphatic heterocycles. The molecule has 0 aliphatic carbocycles. The molecule has 0 saturated heterocycles. The fraction of sp³-hybridized carbons (Fsp3) is 0.471. The van der Waals surface area contributed by atoms with Crippen molar-refractivity contribution in [1.29, 1.82) is 0 Å². The first-order chi connectivity index (χ1) is 10.9. The SMILES string of the molecule is COCC(NC(=O)NC(C)c1cc(C)oc1C)c1ccc(C)o1. The second-order valence-corrected chi connectivity index (χ2v) is 5.66. The van der Waals surface area contributed by atoms with Gasteiger partial charge >= 0.3 is 6.03 Å². The highest BCUT2D eigenvalue weighted by molar-refractivity contribution is 5.75. The van der Waals surface area contributed by atoms with E-state index < -0.39 is 0 Å². The summed E-state index contributed by atoms with van der Waals surface area (Å²) in [6.07, 6.45) is 0. The van der Waals surface area contributed by atoms with Gasteiger partial charge in [0.05, 0.1) is 12.6 Å². The molecule has 2 aromatic rings. The second kappa shape index (κ2) is 7.37. The fourth-order valence-electron chi connectivity index (χ4n) is 2.56. The van der Waals surface area contributed by atoms with Gasteiger partial charge in [0.2, 0.25) is 0 Å². The highest BCUT2D eigenvalue weighted by atomic mass is 16.5. The third-order valence-corrected chi connectivity index (χ3v) is 3.64. The van der Waals surface area contributed by atoms with Gasteiger partial charge in [-0.3, -0.25) is 0 Å². The molecule has 23 heavy (non-hydrogen) atoms. The summed E-state index contributed by atoms with van der Waals surface area (Å²) < 4.78 is 16.2. The Bertz CT molecular complexity index is 659. The molecular weight excluding hydrogens is 296 g/mol. The highest BCUT2D eigenvalue weighted by Crippen LogP contribution is 2.21. The van der Waals surface area contributed by atoms with Gasteiger partial charge in [-0.15, -0.1) is 0 Å². The van der Waals surface area contributed by atoms with E-state index in [1.807, 2.05) is 45.9 Å². The zero-order chi connectivity index (χ0) is 17.0. The van der Waals surface area contributed by atoms with Crippen LogP contribution in [0.3, 0.4) is 0 Å². The van der Waals surface area contributed by atoms with E-state index in [1.165, 1.54) is 0 Å². The van der Waals surface area contributed by atoms with Crippen LogP contribution in [-0.4, -0.2) is 19.7 Å². The molecular formula is C17H24N2O4.